The second-order valence-electron chi connectivity index (χ2n) is 6.48. The van der Waals surface area contributed by atoms with Gasteiger partial charge < -0.3 is 4.74 Å². The van der Waals surface area contributed by atoms with Crippen molar-refractivity contribution in [1.82, 2.24) is 19.5 Å². The zero-order valence-corrected chi connectivity index (χ0v) is 16.9. The van der Waals surface area contributed by atoms with Gasteiger partial charge in [0.25, 0.3) is 0 Å². The molecule has 1 aliphatic heterocycles. The molecule has 0 aliphatic carbocycles. The summed E-state index contributed by atoms with van der Waals surface area (Å²) in [5, 5.41) is 4.65. The van der Waals surface area contributed by atoms with Crippen LogP contribution in [0.5, 0.6) is 0 Å². The average molecular weight is 450 g/mol. The Morgan fingerprint density at radius 2 is 2.11 bits per heavy atom. The van der Waals surface area contributed by atoms with Gasteiger partial charge in [-0.1, -0.05) is 41.9 Å². The minimum absolute atomic E-state index is 0.161. The lowest BCUT2D eigenvalue weighted by molar-refractivity contribution is 0.0669. The normalized spacial score (nSPS) is 17.3. The van der Waals surface area contributed by atoms with Gasteiger partial charge in [-0.15, -0.1) is 0 Å². The van der Waals surface area contributed by atoms with Gasteiger partial charge in [0.05, 0.1) is 22.4 Å². The summed E-state index contributed by atoms with van der Waals surface area (Å²) in [7, 11) is 0. The summed E-state index contributed by atoms with van der Waals surface area (Å²) in [6, 6.07) is 11.3. The standard InChI is InChI=1S/C19H18BrClN4O2/c20-14-11-22-25-17(21)10-15(23-18(14)25)16-8-4-5-9-24(16)19(26)27-12-13-6-2-1-3-7-13/h1-3,6-7,10-11,16H,4-5,8-9,12H2. The van der Waals surface area contributed by atoms with Gasteiger partial charge in [-0.3, -0.25) is 4.90 Å². The molecular weight excluding hydrogens is 432 g/mol. The van der Waals surface area contributed by atoms with E-state index < -0.39 is 0 Å². The predicted octanol–water partition coefficient (Wildman–Crippen LogP) is 5.01. The van der Waals surface area contributed by atoms with E-state index in [1.165, 1.54) is 0 Å². The van der Waals surface area contributed by atoms with Crippen LogP contribution < -0.4 is 0 Å². The highest BCUT2D eigenvalue weighted by Gasteiger charge is 2.31. The molecule has 0 spiro atoms. The number of ether oxygens (including phenoxy) is 1. The van der Waals surface area contributed by atoms with Crippen molar-refractivity contribution < 1.29 is 9.53 Å². The van der Waals surface area contributed by atoms with E-state index in [4.69, 9.17) is 16.3 Å². The molecule has 3 aromatic rings. The van der Waals surface area contributed by atoms with Crippen molar-refractivity contribution in [3.63, 3.8) is 0 Å². The van der Waals surface area contributed by atoms with Gasteiger partial charge in [-0.25, -0.2) is 14.3 Å². The molecule has 1 aromatic carbocycles. The third-order valence-corrected chi connectivity index (χ3v) is 5.52. The summed E-state index contributed by atoms with van der Waals surface area (Å²) < 4.78 is 7.87. The van der Waals surface area contributed by atoms with E-state index in [-0.39, 0.29) is 18.7 Å². The Hall–Kier alpha value is -2.12. The molecule has 1 fully saturated rings. The third kappa shape index (κ3) is 3.80. The number of aromatic nitrogens is 3. The monoisotopic (exact) mass is 448 g/mol. The molecule has 1 unspecified atom stereocenters. The number of fused-ring (bicyclic) bond motifs is 1. The quantitative estimate of drug-likeness (QED) is 0.527. The molecule has 0 bridgehead atoms. The van der Waals surface area contributed by atoms with Crippen LogP contribution in [-0.4, -0.2) is 32.1 Å². The van der Waals surface area contributed by atoms with Gasteiger partial charge in [0.15, 0.2) is 5.65 Å². The fourth-order valence-corrected chi connectivity index (χ4v) is 3.93. The van der Waals surface area contributed by atoms with E-state index in [0.717, 1.165) is 35.0 Å². The van der Waals surface area contributed by atoms with Crippen LogP contribution in [0.3, 0.4) is 0 Å². The zero-order chi connectivity index (χ0) is 18.8. The molecule has 0 saturated carbocycles. The summed E-state index contributed by atoms with van der Waals surface area (Å²) in [4.78, 5) is 19.2. The maximum absolute atomic E-state index is 12.7. The Bertz CT molecular complexity index is 963. The molecule has 27 heavy (non-hydrogen) atoms. The first kappa shape index (κ1) is 18.3. The third-order valence-electron chi connectivity index (χ3n) is 4.69. The number of rotatable bonds is 3. The molecule has 0 N–H and O–H groups in total. The number of carbonyl (C=O) groups excluding carboxylic acids is 1. The molecule has 0 radical (unpaired) electrons. The van der Waals surface area contributed by atoms with E-state index in [2.05, 4.69) is 26.0 Å². The SMILES string of the molecule is O=C(OCc1ccccc1)N1CCCCC1c1cc(Cl)n2ncc(Br)c2n1. The van der Waals surface area contributed by atoms with Crippen molar-refractivity contribution in [2.24, 2.45) is 0 Å². The summed E-state index contributed by atoms with van der Waals surface area (Å²) in [6.45, 7) is 0.896. The summed E-state index contributed by atoms with van der Waals surface area (Å²) in [5.41, 5.74) is 2.36. The van der Waals surface area contributed by atoms with Gasteiger partial charge in [0.1, 0.15) is 11.8 Å². The van der Waals surface area contributed by atoms with Crippen LogP contribution in [0.15, 0.2) is 47.1 Å². The number of amides is 1. The van der Waals surface area contributed by atoms with Crippen LogP contribution >= 0.6 is 27.5 Å². The Morgan fingerprint density at radius 3 is 2.93 bits per heavy atom. The Balaban J connectivity index is 1.57. The number of hydrogen-bond donors (Lipinski definition) is 0. The smallest absolute Gasteiger partial charge is 0.410 e. The van der Waals surface area contributed by atoms with Crippen LogP contribution in [0.2, 0.25) is 5.15 Å². The zero-order valence-electron chi connectivity index (χ0n) is 14.5. The highest BCUT2D eigenvalue weighted by molar-refractivity contribution is 9.10. The molecule has 1 saturated heterocycles. The van der Waals surface area contributed by atoms with Gasteiger partial charge in [0.2, 0.25) is 0 Å². The first-order valence-corrected chi connectivity index (χ1v) is 9.97. The number of benzene rings is 1. The highest BCUT2D eigenvalue weighted by atomic mass is 79.9. The lowest BCUT2D eigenvalue weighted by atomic mass is 9.99. The topological polar surface area (TPSA) is 59.7 Å². The first-order valence-electron chi connectivity index (χ1n) is 8.80. The van der Waals surface area contributed by atoms with Crippen molar-refractivity contribution in [2.75, 3.05) is 6.54 Å². The largest absolute Gasteiger partial charge is 0.445 e. The molecule has 4 rings (SSSR count). The van der Waals surface area contributed by atoms with Crippen LogP contribution in [0.4, 0.5) is 4.79 Å². The minimum Gasteiger partial charge on any atom is -0.445 e. The van der Waals surface area contributed by atoms with E-state index in [0.29, 0.717) is 17.3 Å². The van der Waals surface area contributed by atoms with Crippen molar-refractivity contribution in [3.8, 4) is 0 Å². The van der Waals surface area contributed by atoms with Crippen molar-refractivity contribution in [1.29, 1.82) is 0 Å². The number of halogens is 2. The van der Waals surface area contributed by atoms with E-state index in [1.54, 1.807) is 21.7 Å². The number of hydrogen-bond acceptors (Lipinski definition) is 4. The van der Waals surface area contributed by atoms with Crippen molar-refractivity contribution >= 4 is 39.3 Å². The fourth-order valence-electron chi connectivity index (χ4n) is 3.35. The average Bonchev–Trinajstić information content (AvgIpc) is 3.08. The second-order valence-corrected chi connectivity index (χ2v) is 7.72. The van der Waals surface area contributed by atoms with E-state index in [1.807, 2.05) is 30.3 Å². The molecule has 3 heterocycles. The second kappa shape index (κ2) is 7.86. The molecule has 6 nitrogen and oxygen atoms in total. The lowest BCUT2D eigenvalue weighted by Gasteiger charge is -2.34. The predicted molar refractivity (Wildman–Crippen MR) is 106 cm³/mol. The first-order chi connectivity index (χ1) is 13.1. The molecule has 2 aromatic heterocycles. The summed E-state index contributed by atoms with van der Waals surface area (Å²) in [5.74, 6) is 0. The van der Waals surface area contributed by atoms with Crippen LogP contribution in [0, 0.1) is 0 Å². The van der Waals surface area contributed by atoms with Crippen LogP contribution in [0.1, 0.15) is 36.6 Å². The molecule has 1 atom stereocenters. The van der Waals surface area contributed by atoms with E-state index >= 15 is 0 Å². The number of nitrogens with zero attached hydrogens (tertiary/aromatic N) is 4. The molecule has 1 aliphatic rings. The Kier molecular flexibility index (Phi) is 5.31. The Labute approximate surface area is 170 Å². The van der Waals surface area contributed by atoms with Crippen molar-refractivity contribution in [2.45, 2.75) is 31.9 Å². The molecule has 1 amide bonds. The summed E-state index contributed by atoms with van der Waals surface area (Å²) >= 11 is 9.81. The maximum Gasteiger partial charge on any atom is 0.410 e. The van der Waals surface area contributed by atoms with Gasteiger partial charge >= 0.3 is 6.09 Å². The number of likely N-dealkylation sites (tertiary alicyclic amines) is 1. The van der Waals surface area contributed by atoms with Gasteiger partial charge in [-0.05, 0) is 46.8 Å². The molecular formula is C19H18BrClN4O2. The summed E-state index contributed by atoms with van der Waals surface area (Å²) in [6.07, 6.45) is 4.13. The van der Waals surface area contributed by atoms with Gasteiger partial charge in [-0.2, -0.15) is 5.10 Å². The lowest BCUT2D eigenvalue weighted by Crippen LogP contribution is -2.39. The van der Waals surface area contributed by atoms with Crippen molar-refractivity contribution in [3.05, 3.63) is 63.5 Å². The van der Waals surface area contributed by atoms with E-state index in [9.17, 15) is 4.79 Å². The fraction of sp³-hybridized carbons (Fsp3) is 0.316. The number of piperidine rings is 1. The van der Waals surface area contributed by atoms with Gasteiger partial charge in [0, 0.05) is 6.54 Å². The molecule has 8 heteroatoms. The minimum atomic E-state index is -0.325. The van der Waals surface area contributed by atoms with Crippen LogP contribution in [0.25, 0.3) is 5.65 Å². The maximum atomic E-state index is 12.7. The molecule has 140 valence electrons. The Morgan fingerprint density at radius 1 is 1.30 bits per heavy atom. The number of carbonyl (C=O) groups is 1. The highest BCUT2D eigenvalue weighted by Crippen LogP contribution is 2.33. The van der Waals surface area contributed by atoms with Crippen LogP contribution in [-0.2, 0) is 11.3 Å².